The number of aliphatic hydroxyl groups is 1. The number of alkyl halides is 3. The molecule has 0 aliphatic heterocycles. The molecular formula is C16H17F3O2. The highest BCUT2D eigenvalue weighted by Crippen LogP contribution is 2.32. The second kappa shape index (κ2) is 5.93. The average Bonchev–Trinajstić information content (AvgIpc) is 2.80. The van der Waals surface area contributed by atoms with Crippen molar-refractivity contribution in [3.8, 4) is 11.3 Å². The van der Waals surface area contributed by atoms with Crippen molar-refractivity contribution in [3.05, 3.63) is 47.2 Å². The third-order valence-corrected chi connectivity index (χ3v) is 3.16. The summed E-state index contributed by atoms with van der Waals surface area (Å²) in [7, 11) is 0. The zero-order chi connectivity index (χ0) is 15.6. The lowest BCUT2D eigenvalue weighted by molar-refractivity contribution is -0.137. The molecule has 0 saturated heterocycles. The summed E-state index contributed by atoms with van der Waals surface area (Å²) in [5.74, 6) is 1.52. The first-order valence-corrected chi connectivity index (χ1v) is 6.71. The molecule has 2 aromatic rings. The number of halogens is 3. The molecule has 0 spiro atoms. The first kappa shape index (κ1) is 15.6. The van der Waals surface area contributed by atoms with Crippen LogP contribution in [-0.4, -0.2) is 5.11 Å². The fourth-order valence-corrected chi connectivity index (χ4v) is 2.11. The molecular weight excluding hydrogens is 281 g/mol. The molecule has 1 aromatic carbocycles. The van der Waals surface area contributed by atoms with Crippen molar-refractivity contribution in [1.82, 2.24) is 0 Å². The van der Waals surface area contributed by atoms with Gasteiger partial charge in [-0.05, 0) is 24.1 Å². The minimum atomic E-state index is -4.35. The van der Waals surface area contributed by atoms with Gasteiger partial charge >= 0.3 is 6.18 Å². The monoisotopic (exact) mass is 298 g/mol. The van der Waals surface area contributed by atoms with Gasteiger partial charge in [-0.2, -0.15) is 13.2 Å². The van der Waals surface area contributed by atoms with Gasteiger partial charge in [-0.25, -0.2) is 0 Å². The molecule has 1 N–H and O–H groups in total. The Hall–Kier alpha value is -1.75. The SMILES string of the molecule is CC(C)Cc1oc(-c2ccc(C(F)(F)F)cc2)cc1CO. The van der Waals surface area contributed by atoms with E-state index in [4.69, 9.17) is 4.42 Å². The fourth-order valence-electron chi connectivity index (χ4n) is 2.11. The van der Waals surface area contributed by atoms with Crippen LogP contribution < -0.4 is 0 Å². The molecule has 2 nitrogen and oxygen atoms in total. The maximum atomic E-state index is 12.5. The maximum Gasteiger partial charge on any atom is 0.416 e. The van der Waals surface area contributed by atoms with Crippen molar-refractivity contribution in [2.45, 2.75) is 33.1 Å². The van der Waals surface area contributed by atoms with E-state index in [1.807, 2.05) is 13.8 Å². The predicted molar refractivity (Wildman–Crippen MR) is 73.6 cm³/mol. The molecule has 0 unspecified atom stereocenters. The fraction of sp³-hybridized carbons (Fsp3) is 0.375. The molecule has 0 atom stereocenters. The van der Waals surface area contributed by atoms with Gasteiger partial charge in [0.2, 0.25) is 0 Å². The molecule has 0 aliphatic carbocycles. The molecule has 0 amide bonds. The van der Waals surface area contributed by atoms with E-state index >= 15 is 0 Å². The molecule has 5 heteroatoms. The van der Waals surface area contributed by atoms with Gasteiger partial charge in [0.15, 0.2) is 0 Å². The summed E-state index contributed by atoms with van der Waals surface area (Å²) in [6.07, 6.45) is -3.67. The van der Waals surface area contributed by atoms with E-state index in [2.05, 4.69) is 0 Å². The summed E-state index contributed by atoms with van der Waals surface area (Å²) in [6, 6.07) is 6.49. The summed E-state index contributed by atoms with van der Waals surface area (Å²) in [5.41, 5.74) is 0.550. The van der Waals surface area contributed by atoms with Crippen molar-refractivity contribution in [2.75, 3.05) is 0 Å². The maximum absolute atomic E-state index is 12.5. The highest BCUT2D eigenvalue weighted by Gasteiger charge is 2.30. The van der Waals surface area contributed by atoms with Gasteiger partial charge in [0.05, 0.1) is 12.2 Å². The Morgan fingerprint density at radius 1 is 1.14 bits per heavy atom. The highest BCUT2D eigenvalue weighted by molar-refractivity contribution is 5.59. The van der Waals surface area contributed by atoms with E-state index in [0.29, 0.717) is 35.0 Å². The van der Waals surface area contributed by atoms with Gasteiger partial charge in [0, 0.05) is 17.5 Å². The van der Waals surface area contributed by atoms with E-state index in [9.17, 15) is 18.3 Å². The second-order valence-corrected chi connectivity index (χ2v) is 5.39. The van der Waals surface area contributed by atoms with Crippen molar-refractivity contribution >= 4 is 0 Å². The van der Waals surface area contributed by atoms with Crippen molar-refractivity contribution < 1.29 is 22.7 Å². The number of furan rings is 1. The van der Waals surface area contributed by atoms with Crippen LogP contribution in [0.2, 0.25) is 0 Å². The van der Waals surface area contributed by atoms with Gasteiger partial charge in [-0.3, -0.25) is 0 Å². The predicted octanol–water partition coefficient (Wildman–Crippen LogP) is 4.66. The minimum Gasteiger partial charge on any atom is -0.461 e. The molecule has 114 valence electrons. The van der Waals surface area contributed by atoms with Crippen molar-refractivity contribution in [3.63, 3.8) is 0 Å². The van der Waals surface area contributed by atoms with Crippen LogP contribution in [-0.2, 0) is 19.2 Å². The van der Waals surface area contributed by atoms with E-state index in [1.165, 1.54) is 12.1 Å². The normalized spacial score (nSPS) is 12.1. The Morgan fingerprint density at radius 2 is 1.76 bits per heavy atom. The van der Waals surface area contributed by atoms with Crippen LogP contribution in [0.1, 0.15) is 30.7 Å². The Balaban J connectivity index is 2.32. The second-order valence-electron chi connectivity index (χ2n) is 5.39. The quantitative estimate of drug-likeness (QED) is 0.891. The number of aliphatic hydroxyl groups excluding tert-OH is 1. The van der Waals surface area contributed by atoms with Crippen LogP contribution in [0.15, 0.2) is 34.7 Å². The van der Waals surface area contributed by atoms with Crippen LogP contribution in [0.5, 0.6) is 0 Å². The Bertz CT molecular complexity index is 595. The van der Waals surface area contributed by atoms with Gasteiger partial charge in [-0.1, -0.05) is 26.0 Å². The largest absolute Gasteiger partial charge is 0.461 e. The number of hydrogen-bond donors (Lipinski definition) is 1. The third kappa shape index (κ3) is 3.67. The van der Waals surface area contributed by atoms with Crippen LogP contribution in [0, 0.1) is 5.92 Å². The third-order valence-electron chi connectivity index (χ3n) is 3.16. The van der Waals surface area contributed by atoms with E-state index in [0.717, 1.165) is 12.1 Å². The molecule has 0 radical (unpaired) electrons. The zero-order valence-corrected chi connectivity index (χ0v) is 11.9. The summed E-state index contributed by atoms with van der Waals surface area (Å²) in [4.78, 5) is 0. The van der Waals surface area contributed by atoms with Crippen LogP contribution in [0.3, 0.4) is 0 Å². The van der Waals surface area contributed by atoms with Gasteiger partial charge in [0.25, 0.3) is 0 Å². The van der Waals surface area contributed by atoms with E-state index < -0.39 is 11.7 Å². The number of hydrogen-bond acceptors (Lipinski definition) is 2. The molecule has 0 fully saturated rings. The van der Waals surface area contributed by atoms with Crippen molar-refractivity contribution in [1.29, 1.82) is 0 Å². The number of benzene rings is 1. The summed E-state index contributed by atoms with van der Waals surface area (Å²) < 4.78 is 43.3. The smallest absolute Gasteiger partial charge is 0.416 e. The average molecular weight is 298 g/mol. The first-order valence-electron chi connectivity index (χ1n) is 6.71. The van der Waals surface area contributed by atoms with E-state index in [1.54, 1.807) is 6.07 Å². The van der Waals surface area contributed by atoms with Crippen molar-refractivity contribution in [2.24, 2.45) is 5.92 Å². The minimum absolute atomic E-state index is 0.147. The summed E-state index contributed by atoms with van der Waals surface area (Å²) in [6.45, 7) is 3.91. The lowest BCUT2D eigenvalue weighted by Gasteiger charge is -2.06. The Labute approximate surface area is 121 Å². The lowest BCUT2D eigenvalue weighted by Crippen LogP contribution is -2.03. The van der Waals surface area contributed by atoms with E-state index in [-0.39, 0.29) is 6.61 Å². The highest BCUT2D eigenvalue weighted by atomic mass is 19.4. The van der Waals surface area contributed by atoms with Gasteiger partial charge < -0.3 is 9.52 Å². The molecule has 2 rings (SSSR count). The van der Waals surface area contributed by atoms with Gasteiger partial charge in [0.1, 0.15) is 11.5 Å². The standard InChI is InChI=1S/C16H17F3O2/c1-10(2)7-14-12(9-20)8-15(21-14)11-3-5-13(6-4-11)16(17,18)19/h3-6,8,10,20H,7,9H2,1-2H3. The summed E-state index contributed by atoms with van der Waals surface area (Å²) >= 11 is 0. The molecule has 1 heterocycles. The molecule has 0 bridgehead atoms. The molecule has 0 saturated carbocycles. The lowest BCUT2D eigenvalue weighted by atomic mass is 10.1. The van der Waals surface area contributed by atoms with Crippen LogP contribution in [0.4, 0.5) is 13.2 Å². The zero-order valence-electron chi connectivity index (χ0n) is 11.9. The molecule has 0 aliphatic rings. The number of rotatable bonds is 4. The van der Waals surface area contributed by atoms with Crippen LogP contribution >= 0.6 is 0 Å². The Morgan fingerprint density at radius 3 is 2.24 bits per heavy atom. The molecule has 21 heavy (non-hydrogen) atoms. The topological polar surface area (TPSA) is 33.4 Å². The molecule has 1 aromatic heterocycles. The van der Waals surface area contributed by atoms with Gasteiger partial charge in [-0.15, -0.1) is 0 Å². The Kier molecular flexibility index (Phi) is 4.42. The first-order chi connectivity index (χ1) is 9.81. The van der Waals surface area contributed by atoms with Crippen LogP contribution in [0.25, 0.3) is 11.3 Å². The summed E-state index contributed by atoms with van der Waals surface area (Å²) in [5, 5.41) is 9.33.